The van der Waals surface area contributed by atoms with Gasteiger partial charge in [-0.1, -0.05) is 0 Å². The summed E-state index contributed by atoms with van der Waals surface area (Å²) in [7, 11) is 0. The molecule has 5 nitrogen and oxygen atoms in total. The van der Waals surface area contributed by atoms with Crippen LogP contribution in [0.25, 0.3) is 0 Å². The van der Waals surface area contributed by atoms with Crippen molar-refractivity contribution in [2.75, 3.05) is 5.32 Å². The van der Waals surface area contributed by atoms with Crippen molar-refractivity contribution in [3.05, 3.63) is 34.2 Å². The molecule has 0 aromatic carbocycles. The number of halogens is 2. The Labute approximate surface area is 99.4 Å². The average Bonchev–Trinajstić information content (AvgIpc) is 2.72. The molecular weight excluding hydrogens is 281 g/mol. The van der Waals surface area contributed by atoms with Crippen LogP contribution in [0, 0.1) is 0 Å². The molecule has 15 heavy (non-hydrogen) atoms. The van der Waals surface area contributed by atoms with Crippen molar-refractivity contribution in [1.82, 2.24) is 19.9 Å². The van der Waals surface area contributed by atoms with Gasteiger partial charge >= 0.3 is 0 Å². The van der Waals surface area contributed by atoms with Gasteiger partial charge in [0.25, 0.3) is 0 Å². The number of aromatic amines is 1. The summed E-state index contributed by atoms with van der Waals surface area (Å²) in [4.78, 5) is 14.8. The van der Waals surface area contributed by atoms with Crippen LogP contribution in [0.5, 0.6) is 0 Å². The maximum absolute atomic E-state index is 5.67. The van der Waals surface area contributed by atoms with Crippen molar-refractivity contribution < 1.29 is 0 Å². The zero-order valence-corrected chi connectivity index (χ0v) is 9.88. The Balaban J connectivity index is 2.07. The third-order valence-electron chi connectivity index (χ3n) is 1.72. The van der Waals surface area contributed by atoms with Crippen LogP contribution < -0.4 is 5.32 Å². The third kappa shape index (κ3) is 2.66. The van der Waals surface area contributed by atoms with Crippen LogP contribution in [0.2, 0.25) is 5.28 Å². The fraction of sp³-hybridized carbons (Fsp3) is 0.125. The molecule has 2 aromatic heterocycles. The highest BCUT2D eigenvalue weighted by atomic mass is 79.9. The predicted octanol–water partition coefficient (Wildman–Crippen LogP) is 2.23. The molecule has 0 aliphatic rings. The molecular formula is C8H7BrClN5. The Morgan fingerprint density at radius 3 is 3.07 bits per heavy atom. The average molecular weight is 289 g/mol. The normalized spacial score (nSPS) is 10.3. The minimum Gasteiger partial charge on any atom is -0.363 e. The lowest BCUT2D eigenvalue weighted by molar-refractivity contribution is 1.03. The van der Waals surface area contributed by atoms with Crippen LogP contribution >= 0.6 is 27.5 Å². The first-order chi connectivity index (χ1) is 7.25. The molecule has 0 aliphatic heterocycles. The lowest BCUT2D eigenvalue weighted by Gasteiger charge is -2.05. The first-order valence-corrected chi connectivity index (χ1v) is 5.32. The van der Waals surface area contributed by atoms with E-state index in [0.717, 1.165) is 10.2 Å². The largest absolute Gasteiger partial charge is 0.363 e. The van der Waals surface area contributed by atoms with Gasteiger partial charge in [0, 0.05) is 12.4 Å². The summed E-state index contributed by atoms with van der Waals surface area (Å²) in [5.74, 6) is 0.657. The number of hydrogen-bond acceptors (Lipinski definition) is 4. The summed E-state index contributed by atoms with van der Waals surface area (Å²) >= 11 is 9.00. The molecule has 0 aliphatic carbocycles. The van der Waals surface area contributed by atoms with Crippen molar-refractivity contribution in [2.45, 2.75) is 6.54 Å². The Hall–Kier alpha value is -1.14. The Morgan fingerprint density at radius 1 is 1.47 bits per heavy atom. The molecule has 2 N–H and O–H groups in total. The van der Waals surface area contributed by atoms with Crippen molar-refractivity contribution in [3.8, 4) is 0 Å². The molecule has 0 saturated carbocycles. The van der Waals surface area contributed by atoms with Gasteiger partial charge in [0.05, 0.1) is 23.0 Å². The number of H-pyrrole nitrogens is 1. The molecule has 0 atom stereocenters. The van der Waals surface area contributed by atoms with E-state index in [0.29, 0.717) is 12.4 Å². The molecule has 0 unspecified atom stereocenters. The van der Waals surface area contributed by atoms with Crippen molar-refractivity contribution in [1.29, 1.82) is 0 Å². The van der Waals surface area contributed by atoms with Crippen molar-refractivity contribution in [2.24, 2.45) is 0 Å². The van der Waals surface area contributed by atoms with E-state index >= 15 is 0 Å². The molecule has 2 heterocycles. The SMILES string of the molecule is Clc1ncc(Br)c(NCc2cnc[nH]2)n1. The summed E-state index contributed by atoms with van der Waals surface area (Å²) < 4.78 is 0.770. The van der Waals surface area contributed by atoms with Gasteiger partial charge in [-0.05, 0) is 27.5 Å². The lowest BCUT2D eigenvalue weighted by atomic mass is 10.4. The number of imidazole rings is 1. The fourth-order valence-electron chi connectivity index (χ4n) is 1.03. The number of hydrogen-bond donors (Lipinski definition) is 2. The second-order valence-corrected chi connectivity index (χ2v) is 3.96. The van der Waals surface area contributed by atoms with E-state index in [4.69, 9.17) is 11.6 Å². The van der Waals surface area contributed by atoms with E-state index in [9.17, 15) is 0 Å². The van der Waals surface area contributed by atoms with E-state index in [1.807, 2.05) is 0 Å². The molecule has 2 aromatic rings. The van der Waals surface area contributed by atoms with Gasteiger partial charge in [0.1, 0.15) is 5.82 Å². The summed E-state index contributed by atoms with van der Waals surface area (Å²) in [6, 6.07) is 0. The summed E-state index contributed by atoms with van der Waals surface area (Å²) in [5, 5.41) is 3.32. The van der Waals surface area contributed by atoms with Gasteiger partial charge in [0.15, 0.2) is 0 Å². The van der Waals surface area contributed by atoms with Crippen LogP contribution in [0.15, 0.2) is 23.2 Å². The number of rotatable bonds is 3. The van der Waals surface area contributed by atoms with Crippen LogP contribution in [-0.2, 0) is 6.54 Å². The molecule has 0 amide bonds. The van der Waals surface area contributed by atoms with Crippen LogP contribution in [0.4, 0.5) is 5.82 Å². The molecule has 0 radical (unpaired) electrons. The zero-order valence-electron chi connectivity index (χ0n) is 7.54. The summed E-state index contributed by atoms with van der Waals surface area (Å²) in [5.41, 5.74) is 0.969. The van der Waals surface area contributed by atoms with Gasteiger partial charge in [-0.3, -0.25) is 0 Å². The third-order valence-corrected chi connectivity index (χ3v) is 2.48. The second kappa shape index (κ2) is 4.59. The Bertz CT molecular complexity index is 444. The monoisotopic (exact) mass is 287 g/mol. The maximum Gasteiger partial charge on any atom is 0.224 e. The van der Waals surface area contributed by atoms with Crippen molar-refractivity contribution >= 4 is 33.3 Å². The molecule has 2 rings (SSSR count). The number of anilines is 1. The molecule has 0 fully saturated rings. The van der Waals surface area contributed by atoms with Crippen LogP contribution in [0.1, 0.15) is 5.69 Å². The van der Waals surface area contributed by atoms with Gasteiger partial charge in [0.2, 0.25) is 5.28 Å². The van der Waals surface area contributed by atoms with E-state index in [1.165, 1.54) is 0 Å². The smallest absolute Gasteiger partial charge is 0.224 e. The van der Waals surface area contributed by atoms with E-state index in [-0.39, 0.29) is 5.28 Å². The first-order valence-electron chi connectivity index (χ1n) is 4.15. The second-order valence-electron chi connectivity index (χ2n) is 2.77. The highest BCUT2D eigenvalue weighted by molar-refractivity contribution is 9.10. The maximum atomic E-state index is 5.67. The number of nitrogens with one attached hydrogen (secondary N) is 2. The molecule has 7 heteroatoms. The quantitative estimate of drug-likeness (QED) is 0.850. The van der Waals surface area contributed by atoms with Gasteiger partial charge in [-0.2, -0.15) is 4.98 Å². The standard InChI is InChI=1S/C8H7BrClN5/c9-6-3-13-8(10)15-7(6)12-2-5-1-11-4-14-5/h1,3-4H,2H2,(H,11,14)(H,12,13,15). The Kier molecular flexibility index (Phi) is 3.17. The predicted molar refractivity (Wildman–Crippen MR) is 60.7 cm³/mol. The molecule has 78 valence electrons. The lowest BCUT2D eigenvalue weighted by Crippen LogP contribution is -2.03. The highest BCUT2D eigenvalue weighted by Gasteiger charge is 2.03. The van der Waals surface area contributed by atoms with E-state index < -0.39 is 0 Å². The van der Waals surface area contributed by atoms with Crippen molar-refractivity contribution in [3.63, 3.8) is 0 Å². The molecule has 0 bridgehead atoms. The van der Waals surface area contributed by atoms with E-state index in [1.54, 1.807) is 18.7 Å². The topological polar surface area (TPSA) is 66.5 Å². The summed E-state index contributed by atoms with van der Waals surface area (Å²) in [6.45, 7) is 0.603. The van der Waals surface area contributed by atoms with E-state index in [2.05, 4.69) is 41.2 Å². The number of nitrogens with zero attached hydrogens (tertiary/aromatic N) is 3. The molecule has 0 spiro atoms. The minimum atomic E-state index is 0.213. The highest BCUT2D eigenvalue weighted by Crippen LogP contribution is 2.20. The minimum absolute atomic E-state index is 0.213. The van der Waals surface area contributed by atoms with Gasteiger partial charge < -0.3 is 10.3 Å². The first kappa shape index (κ1) is 10.4. The zero-order chi connectivity index (χ0) is 10.7. The summed E-state index contributed by atoms with van der Waals surface area (Å²) in [6.07, 6.45) is 4.97. The molecule has 0 saturated heterocycles. The van der Waals surface area contributed by atoms with Gasteiger partial charge in [-0.25, -0.2) is 9.97 Å². The fourth-order valence-corrected chi connectivity index (χ4v) is 1.49. The van der Waals surface area contributed by atoms with Crippen LogP contribution in [0.3, 0.4) is 0 Å². The van der Waals surface area contributed by atoms with Crippen LogP contribution in [-0.4, -0.2) is 19.9 Å². The number of aromatic nitrogens is 4. The Morgan fingerprint density at radius 2 is 2.33 bits per heavy atom. The van der Waals surface area contributed by atoms with Gasteiger partial charge in [-0.15, -0.1) is 0 Å².